The molecule has 4 nitrogen and oxygen atoms in total. The van der Waals surface area contributed by atoms with E-state index in [-0.39, 0.29) is 0 Å². The number of rotatable bonds is 2. The van der Waals surface area contributed by atoms with Crippen LogP contribution in [-0.4, -0.2) is 40.0 Å². The summed E-state index contributed by atoms with van der Waals surface area (Å²) in [6.07, 6.45) is 5.11. The number of fused-ring (bicyclic) bond motifs is 1. The Bertz CT molecular complexity index is 650. The smallest absolute Gasteiger partial charge is 0.170 e. The van der Waals surface area contributed by atoms with E-state index >= 15 is 0 Å². The molecule has 1 N–H and O–H groups in total. The van der Waals surface area contributed by atoms with E-state index in [9.17, 15) is 4.79 Å². The first kappa shape index (κ1) is 17.3. The summed E-state index contributed by atoms with van der Waals surface area (Å²) in [5.41, 5.74) is 2.68. The molecule has 0 aliphatic carbocycles. The molecule has 0 saturated carbocycles. The van der Waals surface area contributed by atoms with Crippen molar-refractivity contribution in [2.75, 3.05) is 18.6 Å². The summed E-state index contributed by atoms with van der Waals surface area (Å²) in [5, 5.41) is 8.08. The van der Waals surface area contributed by atoms with Crippen molar-refractivity contribution in [3.05, 3.63) is 34.6 Å². The fourth-order valence-electron chi connectivity index (χ4n) is 2.32. The summed E-state index contributed by atoms with van der Waals surface area (Å²) in [4.78, 5) is 10.5. The molecular formula is C16H22ClN3OS. The maximum absolute atomic E-state index is 10.5. The number of hydrogen-bond donors (Lipinski definition) is 1. The lowest BCUT2D eigenvalue weighted by Gasteiger charge is -2.32. The number of nitrogens with one attached hydrogen (secondary N) is 1. The number of hydrogen-bond acceptors (Lipinski definition) is 4. The second-order valence-corrected chi connectivity index (χ2v) is 7.36. The third-order valence-corrected chi connectivity index (χ3v) is 5.57. The Kier molecular flexibility index (Phi) is 5.89. The maximum atomic E-state index is 10.5. The second kappa shape index (κ2) is 7.49. The molecule has 6 heteroatoms. The van der Waals surface area contributed by atoms with E-state index in [1.54, 1.807) is 22.8 Å². The Balaban J connectivity index is 0.000000172. The van der Waals surface area contributed by atoms with E-state index in [0.29, 0.717) is 16.3 Å². The van der Waals surface area contributed by atoms with E-state index in [4.69, 9.17) is 11.6 Å². The lowest BCUT2D eigenvalue weighted by Crippen LogP contribution is -2.42. The van der Waals surface area contributed by atoms with Crippen LogP contribution >= 0.6 is 23.4 Å². The Hall–Kier alpha value is -1.04. The van der Waals surface area contributed by atoms with Gasteiger partial charge >= 0.3 is 0 Å². The second-order valence-electron chi connectivity index (χ2n) is 5.73. The fraction of sp³-hybridized carbons (Fsp3) is 0.500. The average Bonchev–Trinajstić information content (AvgIpc) is 2.97. The van der Waals surface area contributed by atoms with Crippen molar-refractivity contribution in [2.24, 2.45) is 0 Å². The number of carbonyl (C=O) groups excluding carboxylic acids is 1. The van der Waals surface area contributed by atoms with E-state index in [2.05, 4.69) is 36.1 Å². The van der Waals surface area contributed by atoms with Crippen molar-refractivity contribution in [2.45, 2.75) is 32.2 Å². The van der Waals surface area contributed by atoms with Crippen LogP contribution in [0.3, 0.4) is 0 Å². The number of carbonyl (C=O) groups is 1. The molecule has 22 heavy (non-hydrogen) atoms. The van der Waals surface area contributed by atoms with Gasteiger partial charge in [-0.25, -0.2) is 4.52 Å². The van der Waals surface area contributed by atoms with Crippen LogP contribution in [0.1, 0.15) is 35.8 Å². The standard InChI is InChI=1S/C9H7ClN2O.C7H15NS/c1-6-8(10)2-3-12-9(6)4-7(5-13)11-12;1-7(8-2)3-5-9-6-4-7/h2-5H,1H3;8H,3-6H2,1-2H3. The van der Waals surface area contributed by atoms with E-state index in [1.807, 2.05) is 6.92 Å². The van der Waals surface area contributed by atoms with Gasteiger partial charge in [-0.1, -0.05) is 11.6 Å². The summed E-state index contributed by atoms with van der Waals surface area (Å²) in [6.45, 7) is 4.21. The van der Waals surface area contributed by atoms with Gasteiger partial charge in [0.1, 0.15) is 5.69 Å². The normalized spacial score (nSPS) is 16.9. The Morgan fingerprint density at radius 1 is 1.45 bits per heavy atom. The van der Waals surface area contributed by atoms with Crippen LogP contribution in [0.5, 0.6) is 0 Å². The third-order valence-electron chi connectivity index (χ3n) is 4.18. The van der Waals surface area contributed by atoms with Crippen LogP contribution in [0.25, 0.3) is 5.52 Å². The molecule has 2 aromatic rings. The van der Waals surface area contributed by atoms with Crippen LogP contribution < -0.4 is 5.32 Å². The highest BCUT2D eigenvalue weighted by molar-refractivity contribution is 7.99. The molecule has 2 aromatic heterocycles. The molecule has 120 valence electrons. The number of halogens is 1. The third kappa shape index (κ3) is 4.03. The van der Waals surface area contributed by atoms with Crippen LogP contribution in [0, 0.1) is 6.92 Å². The molecule has 3 rings (SSSR count). The summed E-state index contributed by atoms with van der Waals surface area (Å²) in [5.74, 6) is 2.66. The van der Waals surface area contributed by atoms with Crippen molar-refractivity contribution in [3.63, 3.8) is 0 Å². The average molecular weight is 340 g/mol. The molecule has 1 aliphatic heterocycles. The van der Waals surface area contributed by atoms with Crippen LogP contribution in [0.2, 0.25) is 5.02 Å². The van der Waals surface area contributed by atoms with Gasteiger partial charge < -0.3 is 5.32 Å². The number of aromatic nitrogens is 2. The Morgan fingerprint density at radius 2 is 2.14 bits per heavy atom. The molecule has 3 heterocycles. The zero-order valence-corrected chi connectivity index (χ0v) is 14.8. The van der Waals surface area contributed by atoms with Gasteiger partial charge in [-0.05, 0) is 62.9 Å². The van der Waals surface area contributed by atoms with Gasteiger partial charge in [0.25, 0.3) is 0 Å². The van der Waals surface area contributed by atoms with E-state index in [0.717, 1.165) is 17.4 Å². The maximum Gasteiger partial charge on any atom is 0.170 e. The van der Waals surface area contributed by atoms with Crippen molar-refractivity contribution in [3.8, 4) is 0 Å². The molecular weight excluding hydrogens is 318 g/mol. The van der Waals surface area contributed by atoms with Gasteiger partial charge in [-0.15, -0.1) is 0 Å². The summed E-state index contributed by atoms with van der Waals surface area (Å²) < 4.78 is 1.64. The largest absolute Gasteiger partial charge is 0.314 e. The summed E-state index contributed by atoms with van der Waals surface area (Å²) >= 11 is 7.98. The molecule has 0 atom stereocenters. The SMILES string of the molecule is CNC1(C)CCSCC1.Cc1c(Cl)ccn2nc(C=O)cc12. The molecule has 0 unspecified atom stereocenters. The highest BCUT2D eigenvalue weighted by Crippen LogP contribution is 2.25. The van der Waals surface area contributed by atoms with Gasteiger partial charge in [-0.2, -0.15) is 16.9 Å². The van der Waals surface area contributed by atoms with Crippen molar-refractivity contribution in [1.29, 1.82) is 0 Å². The van der Waals surface area contributed by atoms with Crippen LogP contribution in [0.4, 0.5) is 0 Å². The number of aldehydes is 1. The molecule has 0 radical (unpaired) electrons. The molecule has 1 aliphatic rings. The fourth-order valence-corrected chi connectivity index (χ4v) is 3.87. The summed E-state index contributed by atoms with van der Waals surface area (Å²) in [6, 6.07) is 3.47. The lowest BCUT2D eigenvalue weighted by atomic mass is 9.95. The Labute approximate surface area is 140 Å². The Morgan fingerprint density at radius 3 is 2.68 bits per heavy atom. The van der Waals surface area contributed by atoms with Crippen molar-refractivity contribution < 1.29 is 4.79 Å². The van der Waals surface area contributed by atoms with Crippen LogP contribution in [0.15, 0.2) is 18.3 Å². The minimum atomic E-state index is 0.422. The van der Waals surface area contributed by atoms with Gasteiger partial charge in [-0.3, -0.25) is 4.79 Å². The molecule has 1 fully saturated rings. The monoisotopic (exact) mass is 339 g/mol. The number of aryl methyl sites for hydroxylation is 1. The van der Waals surface area contributed by atoms with E-state index < -0.39 is 0 Å². The number of pyridine rings is 1. The number of thioether (sulfide) groups is 1. The predicted molar refractivity (Wildman–Crippen MR) is 94.4 cm³/mol. The quantitative estimate of drug-likeness (QED) is 0.849. The van der Waals surface area contributed by atoms with Gasteiger partial charge in [0.05, 0.1) is 5.52 Å². The molecule has 0 bridgehead atoms. The number of nitrogens with zero attached hydrogens (tertiary/aromatic N) is 2. The molecule has 0 amide bonds. The van der Waals surface area contributed by atoms with E-state index in [1.165, 1.54) is 24.3 Å². The zero-order valence-electron chi connectivity index (χ0n) is 13.2. The molecule has 0 spiro atoms. The van der Waals surface area contributed by atoms with Gasteiger partial charge in [0.2, 0.25) is 0 Å². The predicted octanol–water partition coefficient (Wildman–Crippen LogP) is 3.60. The minimum absolute atomic E-state index is 0.422. The summed E-state index contributed by atoms with van der Waals surface area (Å²) in [7, 11) is 2.07. The molecule has 1 saturated heterocycles. The lowest BCUT2D eigenvalue weighted by molar-refractivity contribution is 0.111. The topological polar surface area (TPSA) is 46.4 Å². The minimum Gasteiger partial charge on any atom is -0.314 e. The first-order valence-electron chi connectivity index (χ1n) is 7.35. The van der Waals surface area contributed by atoms with Crippen molar-refractivity contribution in [1.82, 2.24) is 14.9 Å². The highest BCUT2D eigenvalue weighted by atomic mass is 35.5. The van der Waals surface area contributed by atoms with Gasteiger partial charge in [0, 0.05) is 16.8 Å². The van der Waals surface area contributed by atoms with Gasteiger partial charge in [0.15, 0.2) is 6.29 Å². The first-order valence-corrected chi connectivity index (χ1v) is 8.89. The highest BCUT2D eigenvalue weighted by Gasteiger charge is 2.23. The molecule has 0 aromatic carbocycles. The first-order chi connectivity index (χ1) is 10.5. The van der Waals surface area contributed by atoms with Crippen LogP contribution in [-0.2, 0) is 0 Å². The zero-order chi connectivity index (χ0) is 16.2. The van der Waals surface area contributed by atoms with Crippen molar-refractivity contribution >= 4 is 35.2 Å².